The second-order valence-electron chi connectivity index (χ2n) is 6.98. The van der Waals surface area contributed by atoms with Crippen LogP contribution in [0.5, 0.6) is 0 Å². The van der Waals surface area contributed by atoms with E-state index < -0.39 is 0 Å². The van der Waals surface area contributed by atoms with Crippen molar-refractivity contribution in [3.63, 3.8) is 0 Å². The number of aromatic nitrogens is 1. The second-order valence-corrected chi connectivity index (χ2v) is 8.11. The molecule has 2 aromatic heterocycles. The number of thiophene rings is 1. The van der Waals surface area contributed by atoms with Gasteiger partial charge >= 0.3 is 0 Å². The molecule has 1 saturated heterocycles. The predicted molar refractivity (Wildman–Crippen MR) is 117 cm³/mol. The van der Waals surface area contributed by atoms with Gasteiger partial charge in [-0.25, -0.2) is 0 Å². The molecule has 3 aromatic rings. The molecule has 1 aliphatic heterocycles. The molecule has 5 nitrogen and oxygen atoms in total. The van der Waals surface area contributed by atoms with E-state index in [1.807, 2.05) is 48.7 Å². The predicted octanol–water partition coefficient (Wildman–Crippen LogP) is 4.38. The molecule has 1 fully saturated rings. The van der Waals surface area contributed by atoms with Gasteiger partial charge < -0.3 is 10.1 Å². The number of anilines is 1. The third kappa shape index (κ3) is 4.56. The van der Waals surface area contributed by atoms with Crippen molar-refractivity contribution in [1.29, 1.82) is 0 Å². The maximum atomic E-state index is 12.8. The van der Waals surface area contributed by atoms with Crippen LogP contribution in [0.2, 0.25) is 0 Å². The summed E-state index contributed by atoms with van der Waals surface area (Å²) in [6.45, 7) is 5.23. The van der Waals surface area contributed by atoms with Gasteiger partial charge in [0.1, 0.15) is 5.00 Å². The number of carbonyl (C=O) groups is 1. The van der Waals surface area contributed by atoms with Gasteiger partial charge in [0, 0.05) is 35.3 Å². The van der Waals surface area contributed by atoms with Gasteiger partial charge in [0.2, 0.25) is 0 Å². The Morgan fingerprint density at radius 3 is 2.62 bits per heavy atom. The summed E-state index contributed by atoms with van der Waals surface area (Å²) in [6.07, 6.45) is 2.76. The highest BCUT2D eigenvalue weighted by Crippen LogP contribution is 2.39. The number of morpholine rings is 1. The molecule has 3 heterocycles. The number of benzene rings is 1. The molecule has 0 unspecified atom stereocenters. The van der Waals surface area contributed by atoms with Crippen LogP contribution in [0.1, 0.15) is 39.5 Å². The zero-order valence-corrected chi connectivity index (χ0v) is 17.3. The van der Waals surface area contributed by atoms with Crippen LogP contribution in [-0.4, -0.2) is 42.1 Å². The van der Waals surface area contributed by atoms with Gasteiger partial charge in [-0.3, -0.25) is 14.7 Å². The monoisotopic (exact) mass is 407 g/mol. The molecule has 1 N–H and O–H groups in total. The third-order valence-corrected chi connectivity index (χ3v) is 6.31. The second kappa shape index (κ2) is 9.31. The first-order chi connectivity index (χ1) is 14.3. The van der Waals surface area contributed by atoms with Crippen LogP contribution < -0.4 is 5.32 Å². The van der Waals surface area contributed by atoms with Gasteiger partial charge in [0.05, 0.1) is 24.9 Å². The zero-order chi connectivity index (χ0) is 20.1. The summed E-state index contributed by atoms with van der Waals surface area (Å²) in [5.74, 6) is -0.0851. The van der Waals surface area contributed by atoms with Gasteiger partial charge in [-0.2, -0.15) is 0 Å². The minimum Gasteiger partial charge on any atom is -0.379 e. The lowest BCUT2D eigenvalue weighted by atomic mass is 10.0. The molecule has 0 aliphatic carbocycles. The highest BCUT2D eigenvalue weighted by Gasteiger charge is 2.29. The van der Waals surface area contributed by atoms with Gasteiger partial charge in [-0.05, 0) is 36.8 Å². The van der Waals surface area contributed by atoms with Crippen LogP contribution in [0.3, 0.4) is 0 Å². The van der Waals surface area contributed by atoms with E-state index in [-0.39, 0.29) is 11.9 Å². The lowest BCUT2D eigenvalue weighted by Crippen LogP contribution is -2.40. The highest BCUT2D eigenvalue weighted by molar-refractivity contribution is 7.16. The molecule has 1 aromatic carbocycles. The summed E-state index contributed by atoms with van der Waals surface area (Å²) in [5.41, 5.74) is 2.76. The lowest BCUT2D eigenvalue weighted by Gasteiger charge is -2.34. The average Bonchev–Trinajstić information content (AvgIpc) is 3.18. The first-order valence-electron chi connectivity index (χ1n) is 9.98. The molecule has 0 spiro atoms. The Bertz CT molecular complexity index is 937. The maximum absolute atomic E-state index is 12.8. The van der Waals surface area contributed by atoms with Crippen LogP contribution in [-0.2, 0) is 11.2 Å². The van der Waals surface area contributed by atoms with Gasteiger partial charge in [0.25, 0.3) is 5.91 Å². The van der Waals surface area contributed by atoms with Crippen LogP contribution in [0.15, 0.2) is 60.8 Å². The number of pyridine rings is 1. The third-order valence-electron chi connectivity index (χ3n) is 5.10. The number of aryl methyl sites for hydroxylation is 1. The molecule has 1 aliphatic rings. The van der Waals surface area contributed by atoms with Crippen LogP contribution in [0, 0.1) is 0 Å². The number of rotatable bonds is 6. The topological polar surface area (TPSA) is 54.5 Å². The number of ether oxygens (including phenoxy) is 1. The van der Waals surface area contributed by atoms with Gasteiger partial charge in [-0.1, -0.05) is 31.2 Å². The van der Waals surface area contributed by atoms with E-state index in [9.17, 15) is 4.79 Å². The number of hydrogen-bond acceptors (Lipinski definition) is 5. The largest absolute Gasteiger partial charge is 0.379 e. The molecule has 0 radical (unpaired) electrons. The van der Waals surface area contributed by atoms with E-state index >= 15 is 0 Å². The van der Waals surface area contributed by atoms with E-state index in [1.54, 1.807) is 11.3 Å². The van der Waals surface area contributed by atoms with Crippen LogP contribution >= 0.6 is 11.3 Å². The van der Waals surface area contributed by atoms with Crippen LogP contribution in [0.4, 0.5) is 5.00 Å². The van der Waals surface area contributed by atoms with Crippen molar-refractivity contribution in [2.45, 2.75) is 19.4 Å². The Kier molecular flexibility index (Phi) is 6.34. The Balaban J connectivity index is 1.72. The number of nitrogens with zero attached hydrogens (tertiary/aromatic N) is 2. The molecule has 150 valence electrons. The maximum Gasteiger partial charge on any atom is 0.256 e. The van der Waals surface area contributed by atoms with E-state index in [1.165, 1.54) is 4.88 Å². The Hall–Kier alpha value is -2.54. The Labute approximate surface area is 175 Å². The van der Waals surface area contributed by atoms with Crippen molar-refractivity contribution in [2.75, 3.05) is 31.6 Å². The van der Waals surface area contributed by atoms with Crippen molar-refractivity contribution in [3.05, 3.63) is 82.5 Å². The molecule has 29 heavy (non-hydrogen) atoms. The molecule has 1 amide bonds. The normalized spacial score (nSPS) is 15.8. The summed E-state index contributed by atoms with van der Waals surface area (Å²) in [4.78, 5) is 21.1. The highest BCUT2D eigenvalue weighted by atomic mass is 32.1. The van der Waals surface area contributed by atoms with E-state index in [0.717, 1.165) is 35.8 Å². The van der Waals surface area contributed by atoms with Crippen molar-refractivity contribution in [2.24, 2.45) is 0 Å². The van der Waals surface area contributed by atoms with Crippen molar-refractivity contribution in [3.8, 4) is 0 Å². The molecule has 0 saturated carbocycles. The molecule has 1 atom stereocenters. The molecular formula is C23H25N3O2S. The van der Waals surface area contributed by atoms with Gasteiger partial charge in [-0.15, -0.1) is 11.3 Å². The fourth-order valence-corrected chi connectivity index (χ4v) is 4.64. The summed E-state index contributed by atoms with van der Waals surface area (Å²) < 4.78 is 5.57. The number of nitrogens with one attached hydrogen (secondary N) is 1. The van der Waals surface area contributed by atoms with E-state index in [2.05, 4.69) is 34.3 Å². The molecule has 0 bridgehead atoms. The average molecular weight is 408 g/mol. The quantitative estimate of drug-likeness (QED) is 0.659. The zero-order valence-electron chi connectivity index (χ0n) is 16.5. The SMILES string of the molecule is CCc1cc([C@H](c2ccccn2)N2CCOCC2)c(NC(=O)c2ccccc2)s1. The first-order valence-corrected chi connectivity index (χ1v) is 10.8. The van der Waals surface area contributed by atoms with Crippen molar-refractivity contribution < 1.29 is 9.53 Å². The summed E-state index contributed by atoms with van der Waals surface area (Å²) in [7, 11) is 0. The number of amides is 1. The number of hydrogen-bond donors (Lipinski definition) is 1. The van der Waals surface area contributed by atoms with E-state index in [4.69, 9.17) is 4.74 Å². The van der Waals surface area contributed by atoms with Gasteiger partial charge in [0.15, 0.2) is 0 Å². The molecule has 6 heteroatoms. The van der Waals surface area contributed by atoms with Crippen molar-refractivity contribution in [1.82, 2.24) is 9.88 Å². The number of carbonyl (C=O) groups excluding carboxylic acids is 1. The Morgan fingerprint density at radius 2 is 1.93 bits per heavy atom. The fourth-order valence-electron chi connectivity index (χ4n) is 3.61. The smallest absolute Gasteiger partial charge is 0.256 e. The molecular weight excluding hydrogens is 382 g/mol. The fraction of sp³-hybridized carbons (Fsp3) is 0.304. The minimum absolute atomic E-state index is 0.0114. The molecule has 4 rings (SSSR count). The summed E-state index contributed by atoms with van der Waals surface area (Å²) in [6, 6.07) is 17.6. The minimum atomic E-state index is -0.0851. The van der Waals surface area contributed by atoms with Crippen LogP contribution in [0.25, 0.3) is 0 Å². The summed E-state index contributed by atoms with van der Waals surface area (Å²) in [5, 5.41) is 4.07. The van der Waals surface area contributed by atoms with E-state index in [0.29, 0.717) is 18.8 Å². The van der Waals surface area contributed by atoms with Crippen molar-refractivity contribution >= 4 is 22.2 Å². The Morgan fingerprint density at radius 1 is 1.17 bits per heavy atom. The standard InChI is InChI=1S/C23H25N3O2S/c1-2-18-16-19(23(29-18)25-22(27)17-8-4-3-5-9-17)21(20-10-6-7-11-24-20)26-12-14-28-15-13-26/h3-11,16,21H,2,12-15H2,1H3,(H,25,27)/t21-/m1/s1. The lowest BCUT2D eigenvalue weighted by molar-refractivity contribution is 0.0234. The first kappa shape index (κ1) is 19.8. The summed E-state index contributed by atoms with van der Waals surface area (Å²) >= 11 is 1.65.